The van der Waals surface area contributed by atoms with Crippen LogP contribution >= 0.6 is 0 Å². The zero-order valence-electron chi connectivity index (χ0n) is 7.20. The third kappa shape index (κ3) is 2.29. The molecule has 1 atom stereocenters. The van der Waals surface area contributed by atoms with Crippen LogP contribution in [0.2, 0.25) is 0 Å². The Morgan fingerprint density at radius 1 is 1.62 bits per heavy atom. The Bertz CT molecular complexity index is 312. The fraction of sp³-hybridized carbons (Fsp3) is 0.200. The maximum absolute atomic E-state index is 13.1. The summed E-state index contributed by atoms with van der Waals surface area (Å²) in [6.07, 6.45) is 2.15. The second-order valence-electron chi connectivity index (χ2n) is 2.84. The quantitative estimate of drug-likeness (QED) is 0.701. The smallest absolute Gasteiger partial charge is 0.131 e. The lowest BCUT2D eigenvalue weighted by molar-refractivity contribution is 0.466. The third-order valence-corrected chi connectivity index (χ3v) is 1.80. The van der Waals surface area contributed by atoms with Crippen molar-refractivity contribution in [2.45, 2.75) is 12.5 Å². The van der Waals surface area contributed by atoms with Gasteiger partial charge in [0.25, 0.3) is 0 Å². The molecule has 2 nitrogen and oxygen atoms in total. The maximum Gasteiger partial charge on any atom is 0.131 e. The van der Waals surface area contributed by atoms with E-state index in [1.807, 2.05) is 0 Å². The van der Waals surface area contributed by atoms with Gasteiger partial charge in [-0.05, 0) is 12.5 Å². The summed E-state index contributed by atoms with van der Waals surface area (Å²) >= 11 is 0. The number of nitrogens with two attached hydrogens (primary N) is 1. The van der Waals surface area contributed by atoms with Crippen LogP contribution < -0.4 is 5.73 Å². The molecule has 0 radical (unpaired) electrons. The first-order valence-corrected chi connectivity index (χ1v) is 4.00. The van der Waals surface area contributed by atoms with Crippen LogP contribution in [-0.4, -0.2) is 5.11 Å². The predicted octanol–water partition coefficient (Wildman–Crippen LogP) is 2.11. The monoisotopic (exact) mass is 181 g/mol. The minimum absolute atomic E-state index is 0.0907. The molecule has 0 saturated heterocycles. The van der Waals surface area contributed by atoms with Gasteiger partial charge in [0.05, 0.1) is 0 Å². The first kappa shape index (κ1) is 9.74. The number of halogens is 1. The van der Waals surface area contributed by atoms with Crippen LogP contribution in [0, 0.1) is 5.82 Å². The van der Waals surface area contributed by atoms with Gasteiger partial charge >= 0.3 is 0 Å². The Balaban J connectivity index is 2.94. The molecule has 0 heterocycles. The van der Waals surface area contributed by atoms with E-state index in [-0.39, 0.29) is 5.75 Å². The fourth-order valence-corrected chi connectivity index (χ4v) is 1.12. The minimum atomic E-state index is -0.477. The highest BCUT2D eigenvalue weighted by Crippen LogP contribution is 2.21. The zero-order valence-corrected chi connectivity index (χ0v) is 7.20. The van der Waals surface area contributed by atoms with Gasteiger partial charge in [-0.1, -0.05) is 12.1 Å². The van der Waals surface area contributed by atoms with E-state index in [0.29, 0.717) is 12.0 Å². The molecule has 0 aliphatic rings. The average Bonchev–Trinajstić information content (AvgIpc) is 2.04. The lowest BCUT2D eigenvalue weighted by atomic mass is 10.0. The van der Waals surface area contributed by atoms with Gasteiger partial charge in [-0.15, -0.1) is 6.58 Å². The lowest BCUT2D eigenvalue weighted by Crippen LogP contribution is -2.10. The molecule has 13 heavy (non-hydrogen) atoms. The van der Waals surface area contributed by atoms with Gasteiger partial charge in [-0.25, -0.2) is 4.39 Å². The molecule has 0 bridgehead atoms. The molecule has 0 aliphatic heterocycles. The van der Waals surface area contributed by atoms with E-state index < -0.39 is 11.9 Å². The van der Waals surface area contributed by atoms with Crippen molar-refractivity contribution < 1.29 is 9.50 Å². The molecule has 0 saturated carbocycles. The number of hydrogen-bond donors (Lipinski definition) is 2. The molecular formula is C10H12FNO. The molecule has 1 rings (SSSR count). The van der Waals surface area contributed by atoms with Crippen molar-refractivity contribution >= 4 is 0 Å². The van der Waals surface area contributed by atoms with Crippen molar-refractivity contribution in [3.8, 4) is 5.75 Å². The van der Waals surface area contributed by atoms with Gasteiger partial charge in [0.1, 0.15) is 11.6 Å². The summed E-state index contributed by atoms with van der Waals surface area (Å²) in [5, 5.41) is 8.95. The van der Waals surface area contributed by atoms with Gasteiger partial charge < -0.3 is 10.8 Å². The molecule has 0 spiro atoms. The molecule has 3 heteroatoms. The topological polar surface area (TPSA) is 46.2 Å². The largest absolute Gasteiger partial charge is 0.508 e. The summed E-state index contributed by atoms with van der Waals surface area (Å²) in [6.45, 7) is 3.52. The average molecular weight is 181 g/mol. The fourth-order valence-electron chi connectivity index (χ4n) is 1.12. The third-order valence-electron chi connectivity index (χ3n) is 1.80. The molecule has 0 unspecified atom stereocenters. The van der Waals surface area contributed by atoms with Crippen LogP contribution in [0.5, 0.6) is 5.75 Å². The summed E-state index contributed by atoms with van der Waals surface area (Å²) in [5.41, 5.74) is 6.06. The van der Waals surface area contributed by atoms with Crippen LogP contribution in [-0.2, 0) is 0 Å². The van der Waals surface area contributed by atoms with Crippen LogP contribution in [0.4, 0.5) is 4.39 Å². The van der Waals surface area contributed by atoms with Crippen molar-refractivity contribution in [2.75, 3.05) is 0 Å². The zero-order chi connectivity index (χ0) is 9.84. The number of aromatic hydroxyl groups is 1. The highest BCUT2D eigenvalue weighted by molar-refractivity contribution is 5.29. The highest BCUT2D eigenvalue weighted by atomic mass is 19.1. The molecular weight excluding hydrogens is 169 g/mol. The first-order chi connectivity index (χ1) is 6.15. The summed E-state index contributed by atoms with van der Waals surface area (Å²) in [7, 11) is 0. The van der Waals surface area contributed by atoms with Gasteiger partial charge in [0.2, 0.25) is 0 Å². The van der Waals surface area contributed by atoms with E-state index in [4.69, 9.17) is 10.8 Å². The van der Waals surface area contributed by atoms with Gasteiger partial charge in [-0.2, -0.15) is 0 Å². The van der Waals surface area contributed by atoms with Crippen LogP contribution in [0.25, 0.3) is 0 Å². The number of phenolic OH excluding ortho intramolecular Hbond substituents is 1. The van der Waals surface area contributed by atoms with E-state index in [0.717, 1.165) is 6.07 Å². The molecule has 3 N–H and O–H groups in total. The van der Waals surface area contributed by atoms with Crippen molar-refractivity contribution in [2.24, 2.45) is 5.73 Å². The molecule has 0 amide bonds. The van der Waals surface area contributed by atoms with Crippen LogP contribution in [0.15, 0.2) is 30.9 Å². The van der Waals surface area contributed by atoms with E-state index >= 15 is 0 Å². The maximum atomic E-state index is 13.1. The van der Waals surface area contributed by atoms with E-state index in [1.165, 1.54) is 12.1 Å². The Labute approximate surface area is 76.5 Å². The lowest BCUT2D eigenvalue weighted by Gasteiger charge is -2.10. The van der Waals surface area contributed by atoms with Crippen molar-refractivity contribution in [3.05, 3.63) is 42.2 Å². The number of phenols is 1. The molecule has 0 fully saturated rings. The molecule has 70 valence electrons. The van der Waals surface area contributed by atoms with Crippen LogP contribution in [0.3, 0.4) is 0 Å². The summed E-state index contributed by atoms with van der Waals surface area (Å²) in [5.74, 6) is -0.568. The first-order valence-electron chi connectivity index (χ1n) is 4.00. The Morgan fingerprint density at radius 3 is 2.85 bits per heavy atom. The SMILES string of the molecule is C=CC[C@@H](N)c1ccc(O)cc1F. The predicted molar refractivity (Wildman–Crippen MR) is 49.8 cm³/mol. The van der Waals surface area contributed by atoms with Gasteiger partial charge in [0.15, 0.2) is 0 Å². The Kier molecular flexibility index (Phi) is 3.03. The van der Waals surface area contributed by atoms with Crippen molar-refractivity contribution in [3.63, 3.8) is 0 Å². The minimum Gasteiger partial charge on any atom is -0.508 e. The van der Waals surface area contributed by atoms with Crippen LogP contribution in [0.1, 0.15) is 18.0 Å². The Hall–Kier alpha value is -1.35. The highest BCUT2D eigenvalue weighted by Gasteiger charge is 2.09. The molecule has 0 aromatic heterocycles. The summed E-state index contributed by atoms with van der Waals surface area (Å²) in [4.78, 5) is 0. The molecule has 1 aromatic rings. The van der Waals surface area contributed by atoms with Crippen molar-refractivity contribution in [1.82, 2.24) is 0 Å². The standard InChI is InChI=1S/C10H12FNO/c1-2-3-10(12)8-5-4-7(13)6-9(8)11/h2,4-6,10,13H,1,3,12H2/t10-/m1/s1. The molecule has 1 aromatic carbocycles. The summed E-state index contributed by atoms with van der Waals surface area (Å²) in [6, 6.07) is 3.57. The van der Waals surface area contributed by atoms with E-state index in [2.05, 4.69) is 6.58 Å². The molecule has 0 aliphatic carbocycles. The number of benzene rings is 1. The summed E-state index contributed by atoms with van der Waals surface area (Å²) < 4.78 is 13.1. The van der Waals surface area contributed by atoms with Gasteiger partial charge in [0, 0.05) is 17.7 Å². The van der Waals surface area contributed by atoms with E-state index in [1.54, 1.807) is 6.08 Å². The second kappa shape index (κ2) is 4.05. The number of hydrogen-bond acceptors (Lipinski definition) is 2. The van der Waals surface area contributed by atoms with Crippen molar-refractivity contribution in [1.29, 1.82) is 0 Å². The van der Waals surface area contributed by atoms with E-state index in [9.17, 15) is 4.39 Å². The number of rotatable bonds is 3. The second-order valence-corrected chi connectivity index (χ2v) is 2.84. The van der Waals surface area contributed by atoms with Gasteiger partial charge in [-0.3, -0.25) is 0 Å². The Morgan fingerprint density at radius 2 is 2.31 bits per heavy atom. The normalized spacial score (nSPS) is 12.5.